The lowest BCUT2D eigenvalue weighted by atomic mass is 10.2. The SMILES string of the molecule is SN1NCN=C1c1ccccc1Cl. The number of amidine groups is 1. The molecule has 0 atom stereocenters. The lowest BCUT2D eigenvalue weighted by molar-refractivity contribution is 0.552. The fourth-order valence-corrected chi connectivity index (χ4v) is 1.62. The van der Waals surface area contributed by atoms with Crippen molar-refractivity contribution in [2.24, 2.45) is 4.99 Å². The van der Waals surface area contributed by atoms with Gasteiger partial charge in [0.15, 0.2) is 5.84 Å². The van der Waals surface area contributed by atoms with Crippen LogP contribution in [0.5, 0.6) is 0 Å². The van der Waals surface area contributed by atoms with Gasteiger partial charge in [-0.2, -0.15) is 0 Å². The Bertz CT molecular complexity index is 353. The second-order valence-electron chi connectivity index (χ2n) is 2.59. The van der Waals surface area contributed by atoms with Gasteiger partial charge in [-0.05, 0) is 24.9 Å². The predicted octanol–water partition coefficient (Wildman–Crippen LogP) is 1.71. The minimum absolute atomic E-state index is 0.546. The van der Waals surface area contributed by atoms with Gasteiger partial charge < -0.3 is 0 Å². The molecule has 0 fully saturated rings. The van der Waals surface area contributed by atoms with Crippen molar-refractivity contribution in [2.45, 2.75) is 0 Å². The van der Waals surface area contributed by atoms with E-state index < -0.39 is 0 Å². The zero-order valence-electron chi connectivity index (χ0n) is 6.74. The van der Waals surface area contributed by atoms with E-state index in [1.165, 1.54) is 0 Å². The molecule has 1 N–H and O–H groups in total. The van der Waals surface area contributed by atoms with E-state index in [1.807, 2.05) is 24.3 Å². The number of thiol groups is 1. The van der Waals surface area contributed by atoms with E-state index in [1.54, 1.807) is 4.41 Å². The Hall–Kier alpha value is -0.710. The van der Waals surface area contributed by atoms with Gasteiger partial charge in [0, 0.05) is 5.56 Å². The number of rotatable bonds is 1. The Morgan fingerprint density at radius 3 is 2.85 bits per heavy atom. The monoisotopic (exact) mass is 213 g/mol. The van der Waals surface area contributed by atoms with Crippen LogP contribution >= 0.6 is 24.4 Å². The molecule has 1 aliphatic rings. The van der Waals surface area contributed by atoms with Crippen LogP contribution in [0, 0.1) is 0 Å². The van der Waals surface area contributed by atoms with Crippen LogP contribution in [0.2, 0.25) is 5.02 Å². The number of nitrogens with one attached hydrogen (secondary N) is 1. The van der Waals surface area contributed by atoms with Crippen LogP contribution in [-0.2, 0) is 0 Å². The predicted molar refractivity (Wildman–Crippen MR) is 56.8 cm³/mol. The van der Waals surface area contributed by atoms with Crippen molar-refractivity contribution in [3.63, 3.8) is 0 Å². The molecule has 0 aliphatic carbocycles. The van der Waals surface area contributed by atoms with E-state index in [4.69, 9.17) is 11.6 Å². The summed E-state index contributed by atoms with van der Waals surface area (Å²) in [7, 11) is 0. The first-order valence-corrected chi connectivity index (χ1v) is 4.58. The molecule has 0 unspecified atom stereocenters. The summed E-state index contributed by atoms with van der Waals surface area (Å²) in [6.45, 7) is 0.546. The van der Waals surface area contributed by atoms with Crippen LogP contribution in [0.25, 0.3) is 0 Å². The molecule has 0 aromatic heterocycles. The Balaban J connectivity index is 2.40. The van der Waals surface area contributed by atoms with Crippen molar-refractivity contribution in [3.8, 4) is 0 Å². The number of hydrazine groups is 1. The minimum atomic E-state index is 0.546. The second kappa shape index (κ2) is 3.57. The van der Waals surface area contributed by atoms with Gasteiger partial charge in [-0.1, -0.05) is 23.7 Å². The maximum Gasteiger partial charge on any atom is 0.158 e. The summed E-state index contributed by atoms with van der Waals surface area (Å²) in [4.78, 5) is 4.22. The van der Waals surface area contributed by atoms with Crippen molar-refractivity contribution in [1.82, 2.24) is 9.84 Å². The van der Waals surface area contributed by atoms with E-state index in [-0.39, 0.29) is 0 Å². The van der Waals surface area contributed by atoms with Crippen LogP contribution in [-0.4, -0.2) is 16.9 Å². The molecule has 3 nitrogen and oxygen atoms in total. The number of hydrogen-bond acceptors (Lipinski definition) is 4. The van der Waals surface area contributed by atoms with Gasteiger partial charge in [0.2, 0.25) is 0 Å². The van der Waals surface area contributed by atoms with Crippen molar-refractivity contribution >= 4 is 30.3 Å². The van der Waals surface area contributed by atoms with Gasteiger partial charge >= 0.3 is 0 Å². The Morgan fingerprint density at radius 1 is 1.46 bits per heavy atom. The quantitative estimate of drug-likeness (QED) is 0.696. The lowest BCUT2D eigenvalue weighted by Crippen LogP contribution is -2.28. The van der Waals surface area contributed by atoms with Crippen LogP contribution in [0.15, 0.2) is 29.3 Å². The molecule has 68 valence electrons. The van der Waals surface area contributed by atoms with Crippen LogP contribution < -0.4 is 5.43 Å². The summed E-state index contributed by atoms with van der Waals surface area (Å²) < 4.78 is 1.57. The van der Waals surface area contributed by atoms with Gasteiger partial charge in [0.25, 0.3) is 0 Å². The van der Waals surface area contributed by atoms with Crippen molar-refractivity contribution in [2.75, 3.05) is 6.67 Å². The Kier molecular flexibility index (Phi) is 2.44. The largest absolute Gasteiger partial charge is 0.249 e. The van der Waals surface area contributed by atoms with Crippen molar-refractivity contribution < 1.29 is 0 Å². The highest BCUT2D eigenvalue weighted by Gasteiger charge is 2.16. The Labute approximate surface area is 86.9 Å². The molecular formula is C8H8ClN3S. The number of benzene rings is 1. The summed E-state index contributed by atoms with van der Waals surface area (Å²) in [5.41, 5.74) is 3.82. The zero-order chi connectivity index (χ0) is 9.26. The van der Waals surface area contributed by atoms with E-state index in [0.29, 0.717) is 11.7 Å². The Morgan fingerprint density at radius 2 is 2.23 bits per heavy atom. The first-order valence-electron chi connectivity index (χ1n) is 3.81. The number of nitrogens with zero attached hydrogens (tertiary/aromatic N) is 2. The fourth-order valence-electron chi connectivity index (χ4n) is 1.16. The van der Waals surface area contributed by atoms with Gasteiger partial charge in [-0.25, -0.2) is 14.8 Å². The average Bonchev–Trinajstić information content (AvgIpc) is 2.52. The maximum atomic E-state index is 6.00. The van der Waals surface area contributed by atoms with Crippen molar-refractivity contribution in [1.29, 1.82) is 0 Å². The highest BCUT2D eigenvalue weighted by atomic mass is 35.5. The topological polar surface area (TPSA) is 27.6 Å². The highest BCUT2D eigenvalue weighted by Crippen LogP contribution is 2.19. The summed E-state index contributed by atoms with van der Waals surface area (Å²) in [5, 5.41) is 0.684. The maximum absolute atomic E-state index is 6.00. The molecule has 0 radical (unpaired) electrons. The number of aliphatic imine (C=N–C) groups is 1. The molecule has 13 heavy (non-hydrogen) atoms. The molecule has 1 heterocycles. The fraction of sp³-hybridized carbons (Fsp3) is 0.125. The summed E-state index contributed by atoms with van der Waals surface area (Å²) in [6.07, 6.45) is 0. The minimum Gasteiger partial charge on any atom is -0.249 e. The van der Waals surface area contributed by atoms with E-state index >= 15 is 0 Å². The summed E-state index contributed by atoms with van der Waals surface area (Å²) >= 11 is 10.2. The van der Waals surface area contributed by atoms with Crippen LogP contribution in [0.1, 0.15) is 5.56 Å². The molecule has 1 aliphatic heterocycles. The molecule has 5 heteroatoms. The van der Waals surface area contributed by atoms with Crippen LogP contribution in [0.4, 0.5) is 0 Å². The lowest BCUT2D eigenvalue weighted by Gasteiger charge is -2.12. The molecular weight excluding hydrogens is 206 g/mol. The van der Waals surface area contributed by atoms with E-state index in [2.05, 4.69) is 23.2 Å². The third-order valence-electron chi connectivity index (χ3n) is 1.76. The summed E-state index contributed by atoms with van der Waals surface area (Å²) in [6, 6.07) is 7.55. The highest BCUT2D eigenvalue weighted by molar-refractivity contribution is 7.78. The summed E-state index contributed by atoms with van der Waals surface area (Å²) in [5.74, 6) is 0.758. The normalized spacial score (nSPS) is 16.2. The third kappa shape index (κ3) is 1.65. The van der Waals surface area contributed by atoms with Gasteiger partial charge in [0.05, 0.1) is 5.02 Å². The third-order valence-corrected chi connectivity index (χ3v) is 2.43. The molecule has 1 aromatic rings. The first kappa shape index (κ1) is 8.87. The van der Waals surface area contributed by atoms with E-state index in [9.17, 15) is 0 Å². The standard InChI is InChI=1S/C8H8ClN3S/c9-7-4-2-1-3-6(7)8-10-5-11-12(8)13/h1-4,11,13H,5H2. The number of hydrogen-bond donors (Lipinski definition) is 2. The molecule has 0 bridgehead atoms. The average molecular weight is 214 g/mol. The van der Waals surface area contributed by atoms with Gasteiger partial charge in [-0.3, -0.25) is 0 Å². The van der Waals surface area contributed by atoms with Crippen LogP contribution in [0.3, 0.4) is 0 Å². The first-order chi connectivity index (χ1) is 6.29. The van der Waals surface area contributed by atoms with E-state index in [0.717, 1.165) is 11.4 Å². The molecule has 0 spiro atoms. The second-order valence-corrected chi connectivity index (χ2v) is 3.40. The van der Waals surface area contributed by atoms with Crippen molar-refractivity contribution in [3.05, 3.63) is 34.9 Å². The molecule has 0 amide bonds. The molecule has 0 saturated carbocycles. The van der Waals surface area contributed by atoms with Gasteiger partial charge in [-0.15, -0.1) is 0 Å². The molecule has 1 aromatic carbocycles. The zero-order valence-corrected chi connectivity index (χ0v) is 8.39. The molecule has 0 saturated heterocycles. The molecule has 2 rings (SSSR count). The van der Waals surface area contributed by atoms with Gasteiger partial charge in [0.1, 0.15) is 6.67 Å². The number of halogens is 1. The smallest absolute Gasteiger partial charge is 0.158 e.